The first-order valence-electron chi connectivity index (χ1n) is 3.19. The minimum atomic E-state index is -1.06. The molecule has 0 rings (SSSR count). The van der Waals surface area contributed by atoms with Gasteiger partial charge in [0.05, 0.1) is 0 Å². The van der Waals surface area contributed by atoms with Crippen molar-refractivity contribution >= 4 is 5.97 Å². The van der Waals surface area contributed by atoms with Gasteiger partial charge in [0, 0.05) is 5.57 Å². The lowest BCUT2D eigenvalue weighted by molar-refractivity contribution is -0.146. The van der Waals surface area contributed by atoms with E-state index < -0.39 is 11.6 Å². The normalized spacial score (nSPS) is 10.0. The third kappa shape index (κ3) is 3.41. The first kappa shape index (κ1) is 9.70. The van der Waals surface area contributed by atoms with Crippen LogP contribution in [-0.4, -0.2) is 11.6 Å². The number of ether oxygens (including phenoxy) is 1. The van der Waals surface area contributed by atoms with Crippen LogP contribution in [0.4, 0.5) is 0 Å². The molecule has 0 heterocycles. The van der Waals surface area contributed by atoms with Crippen molar-refractivity contribution in [3.63, 3.8) is 0 Å². The van der Waals surface area contributed by atoms with Crippen LogP contribution >= 0.6 is 0 Å². The maximum absolute atomic E-state index is 10.8. The summed E-state index contributed by atoms with van der Waals surface area (Å²) in [5.41, 5.74) is -0.760. The number of rotatable bonds is 2. The van der Waals surface area contributed by atoms with Gasteiger partial charge in [-0.1, -0.05) is 6.58 Å². The molecule has 11 heavy (non-hydrogen) atoms. The van der Waals surface area contributed by atoms with Crippen LogP contribution in [0.25, 0.3) is 0 Å². The van der Waals surface area contributed by atoms with Crippen LogP contribution in [-0.2, 0) is 9.53 Å². The number of hydrogen-bond donors (Lipinski definition) is 0. The fourth-order valence-electron chi connectivity index (χ4n) is 0.342. The molecule has 0 amide bonds. The van der Waals surface area contributed by atoms with Crippen LogP contribution in [0.2, 0.25) is 0 Å². The topological polar surface area (TPSA) is 50.1 Å². The van der Waals surface area contributed by atoms with Gasteiger partial charge in [-0.15, -0.1) is 0 Å². The van der Waals surface area contributed by atoms with E-state index in [4.69, 9.17) is 10.00 Å². The van der Waals surface area contributed by atoms with E-state index in [1.807, 2.05) is 6.07 Å². The van der Waals surface area contributed by atoms with Crippen molar-refractivity contribution < 1.29 is 9.53 Å². The molecule has 0 fully saturated rings. The zero-order chi connectivity index (χ0) is 9.07. The fraction of sp³-hybridized carbons (Fsp3) is 0.500. The van der Waals surface area contributed by atoms with Gasteiger partial charge < -0.3 is 4.74 Å². The van der Waals surface area contributed by atoms with Gasteiger partial charge in [0.2, 0.25) is 0 Å². The lowest BCUT2D eigenvalue weighted by atomic mass is 10.2. The summed E-state index contributed by atoms with van der Waals surface area (Å²) in [5, 5.41) is 8.47. The molecule has 0 saturated carbocycles. The molecule has 0 aliphatic heterocycles. The van der Waals surface area contributed by atoms with E-state index >= 15 is 0 Å². The molecule has 0 aromatic heterocycles. The Morgan fingerprint density at radius 3 is 2.36 bits per heavy atom. The van der Waals surface area contributed by atoms with Gasteiger partial charge >= 0.3 is 5.97 Å². The predicted molar refractivity (Wildman–Crippen MR) is 40.6 cm³/mol. The number of esters is 1. The van der Waals surface area contributed by atoms with Crippen LogP contribution in [0.5, 0.6) is 0 Å². The molecule has 0 unspecified atom stereocenters. The number of nitrogens with zero attached hydrogens (tertiary/aromatic N) is 1. The van der Waals surface area contributed by atoms with Crippen molar-refractivity contribution in [1.82, 2.24) is 0 Å². The van der Waals surface area contributed by atoms with E-state index in [-0.39, 0.29) is 0 Å². The van der Waals surface area contributed by atoms with Crippen molar-refractivity contribution in [2.75, 3.05) is 0 Å². The highest BCUT2D eigenvalue weighted by Crippen LogP contribution is 2.09. The van der Waals surface area contributed by atoms with E-state index in [0.717, 1.165) is 0 Å². The summed E-state index contributed by atoms with van der Waals surface area (Å²) in [5.74, 6) is -0.531. The van der Waals surface area contributed by atoms with Crippen molar-refractivity contribution in [3.05, 3.63) is 12.2 Å². The Kier molecular flexibility index (Phi) is 2.82. The molecule has 0 spiro atoms. The molecule has 0 saturated heterocycles. The summed E-state index contributed by atoms with van der Waals surface area (Å²) in [6, 6.07) is 1.84. The van der Waals surface area contributed by atoms with Gasteiger partial charge in [0.15, 0.2) is 5.60 Å². The average Bonchev–Trinajstić information content (AvgIpc) is 1.87. The monoisotopic (exact) mass is 153 g/mol. The van der Waals surface area contributed by atoms with Gasteiger partial charge in [0.1, 0.15) is 6.07 Å². The SMILES string of the molecule is C=C(C)C(=O)OC(C)(C)C#N. The van der Waals surface area contributed by atoms with Crippen molar-refractivity contribution in [2.45, 2.75) is 26.4 Å². The van der Waals surface area contributed by atoms with Crippen molar-refractivity contribution in [1.29, 1.82) is 5.26 Å². The van der Waals surface area contributed by atoms with E-state index in [2.05, 4.69) is 6.58 Å². The molecule has 0 aliphatic carbocycles. The Bertz CT molecular complexity index is 223. The van der Waals surface area contributed by atoms with Gasteiger partial charge in [-0.05, 0) is 20.8 Å². The molecule has 0 bridgehead atoms. The van der Waals surface area contributed by atoms with Gasteiger partial charge in [-0.3, -0.25) is 0 Å². The molecule has 60 valence electrons. The molecular formula is C8H11NO2. The second-order valence-corrected chi connectivity index (χ2v) is 2.79. The van der Waals surface area contributed by atoms with E-state index in [9.17, 15) is 4.79 Å². The van der Waals surface area contributed by atoms with Crippen LogP contribution in [0, 0.1) is 11.3 Å². The van der Waals surface area contributed by atoms with E-state index in [0.29, 0.717) is 5.57 Å². The highest BCUT2D eigenvalue weighted by atomic mass is 16.6. The molecule has 0 aromatic rings. The van der Waals surface area contributed by atoms with Crippen molar-refractivity contribution in [3.8, 4) is 6.07 Å². The summed E-state index contributed by atoms with van der Waals surface area (Å²) >= 11 is 0. The number of carbonyl (C=O) groups is 1. The first-order valence-corrected chi connectivity index (χ1v) is 3.19. The van der Waals surface area contributed by atoms with Crippen LogP contribution in [0.1, 0.15) is 20.8 Å². The summed E-state index contributed by atoms with van der Waals surface area (Å²) in [6.07, 6.45) is 0. The van der Waals surface area contributed by atoms with Crippen LogP contribution in [0.15, 0.2) is 12.2 Å². The highest BCUT2D eigenvalue weighted by molar-refractivity contribution is 5.87. The molecule has 3 heteroatoms. The number of hydrogen-bond acceptors (Lipinski definition) is 3. The zero-order valence-corrected chi connectivity index (χ0v) is 6.97. The van der Waals surface area contributed by atoms with E-state index in [1.165, 1.54) is 20.8 Å². The smallest absolute Gasteiger partial charge is 0.334 e. The molecule has 0 N–H and O–H groups in total. The maximum Gasteiger partial charge on any atom is 0.334 e. The fourth-order valence-corrected chi connectivity index (χ4v) is 0.342. The Morgan fingerprint density at radius 2 is 2.09 bits per heavy atom. The summed E-state index contributed by atoms with van der Waals surface area (Å²) in [4.78, 5) is 10.8. The Morgan fingerprint density at radius 1 is 1.64 bits per heavy atom. The van der Waals surface area contributed by atoms with Crippen molar-refractivity contribution in [2.24, 2.45) is 0 Å². The van der Waals surface area contributed by atoms with E-state index in [1.54, 1.807) is 0 Å². The summed E-state index contributed by atoms with van der Waals surface area (Å²) < 4.78 is 4.75. The Hall–Kier alpha value is -1.30. The quantitative estimate of drug-likeness (QED) is 0.445. The van der Waals surface area contributed by atoms with Gasteiger partial charge in [-0.2, -0.15) is 5.26 Å². The second kappa shape index (κ2) is 3.20. The Labute approximate surface area is 66.3 Å². The molecule has 0 aromatic carbocycles. The summed E-state index contributed by atoms with van der Waals surface area (Å²) in [6.45, 7) is 7.97. The minimum absolute atomic E-state index is 0.299. The number of nitriles is 1. The second-order valence-electron chi connectivity index (χ2n) is 2.79. The molecule has 0 radical (unpaired) electrons. The minimum Gasteiger partial charge on any atom is -0.441 e. The standard InChI is InChI=1S/C8H11NO2/c1-6(2)7(10)11-8(3,4)5-9/h1H2,2-4H3. The third-order valence-corrected chi connectivity index (χ3v) is 0.966. The lowest BCUT2D eigenvalue weighted by Crippen LogP contribution is -2.26. The molecular weight excluding hydrogens is 142 g/mol. The van der Waals surface area contributed by atoms with Crippen LogP contribution in [0.3, 0.4) is 0 Å². The van der Waals surface area contributed by atoms with Gasteiger partial charge in [0.25, 0.3) is 0 Å². The maximum atomic E-state index is 10.8. The van der Waals surface area contributed by atoms with Crippen LogP contribution < -0.4 is 0 Å². The average molecular weight is 153 g/mol. The first-order chi connectivity index (χ1) is 4.89. The summed E-state index contributed by atoms with van der Waals surface area (Å²) in [7, 11) is 0. The third-order valence-electron chi connectivity index (χ3n) is 0.966. The molecule has 0 aliphatic rings. The zero-order valence-electron chi connectivity index (χ0n) is 6.97. The predicted octanol–water partition coefficient (Wildman–Crippen LogP) is 1.41. The number of carbonyl (C=O) groups excluding carboxylic acids is 1. The molecule has 3 nitrogen and oxygen atoms in total. The highest BCUT2D eigenvalue weighted by Gasteiger charge is 2.21. The molecule has 0 atom stereocenters. The van der Waals surface area contributed by atoms with Gasteiger partial charge in [-0.25, -0.2) is 4.79 Å². The Balaban J connectivity index is 4.19. The lowest BCUT2D eigenvalue weighted by Gasteiger charge is -2.15. The largest absolute Gasteiger partial charge is 0.441 e.